The predicted molar refractivity (Wildman–Crippen MR) is 56.5 cm³/mol. The zero-order valence-electron chi connectivity index (χ0n) is 9.58. The summed E-state index contributed by atoms with van der Waals surface area (Å²) in [6.07, 6.45) is 4.95. The van der Waals surface area contributed by atoms with Crippen LogP contribution in [0.2, 0.25) is 0 Å². The Morgan fingerprint density at radius 3 is 1.50 bits per heavy atom. The van der Waals surface area contributed by atoms with Gasteiger partial charge in [-0.05, 0) is 18.3 Å². The summed E-state index contributed by atoms with van der Waals surface area (Å²) in [5.74, 6) is -2.49. The van der Waals surface area contributed by atoms with Crippen LogP contribution in [0.4, 0.5) is 0 Å². The molecule has 3 N–H and O–H groups in total. The standard InChI is InChI=1S/C11H24O3/c1-4-10(5-2,6-3)8-7-9-11(12,13)14/h12-14H,4-9H2,1-3H3. The van der Waals surface area contributed by atoms with E-state index in [2.05, 4.69) is 20.8 Å². The van der Waals surface area contributed by atoms with Crippen molar-refractivity contribution in [2.24, 2.45) is 5.41 Å². The van der Waals surface area contributed by atoms with Crippen molar-refractivity contribution in [2.45, 2.75) is 65.3 Å². The first-order valence-corrected chi connectivity index (χ1v) is 5.56. The Hall–Kier alpha value is -0.120. The summed E-state index contributed by atoms with van der Waals surface area (Å²) in [7, 11) is 0. The molecule has 0 rings (SSSR count). The van der Waals surface area contributed by atoms with Crippen LogP contribution in [0.15, 0.2) is 0 Å². The molecule has 0 unspecified atom stereocenters. The molecule has 0 heterocycles. The Kier molecular flexibility index (Phi) is 5.64. The van der Waals surface area contributed by atoms with Gasteiger partial charge in [-0.1, -0.05) is 40.0 Å². The Morgan fingerprint density at radius 1 is 0.786 bits per heavy atom. The average Bonchev–Trinajstić information content (AvgIpc) is 2.11. The van der Waals surface area contributed by atoms with Gasteiger partial charge in [-0.25, -0.2) is 0 Å². The van der Waals surface area contributed by atoms with E-state index in [0.29, 0.717) is 11.8 Å². The third kappa shape index (κ3) is 4.94. The Labute approximate surface area is 86.8 Å². The molecule has 3 heteroatoms. The summed E-state index contributed by atoms with van der Waals surface area (Å²) in [6, 6.07) is 0. The summed E-state index contributed by atoms with van der Waals surface area (Å²) in [5, 5.41) is 26.2. The van der Waals surface area contributed by atoms with Crippen LogP contribution < -0.4 is 0 Å². The lowest BCUT2D eigenvalue weighted by molar-refractivity contribution is -0.315. The first-order valence-electron chi connectivity index (χ1n) is 5.56. The predicted octanol–water partition coefficient (Wildman–Crippen LogP) is 2.00. The van der Waals surface area contributed by atoms with E-state index < -0.39 is 5.97 Å². The van der Waals surface area contributed by atoms with E-state index in [1.54, 1.807) is 0 Å². The molecule has 0 bridgehead atoms. The van der Waals surface area contributed by atoms with E-state index in [0.717, 1.165) is 25.7 Å². The molecular formula is C11H24O3. The Balaban J connectivity index is 3.95. The van der Waals surface area contributed by atoms with Crippen LogP contribution in [-0.2, 0) is 0 Å². The fourth-order valence-corrected chi connectivity index (χ4v) is 1.98. The summed E-state index contributed by atoms with van der Waals surface area (Å²) in [5.41, 5.74) is 0.311. The minimum absolute atomic E-state index is 0.0365. The first-order chi connectivity index (χ1) is 6.39. The molecule has 0 amide bonds. The minimum Gasteiger partial charge on any atom is -0.344 e. The molecule has 0 aromatic rings. The lowest BCUT2D eigenvalue weighted by atomic mass is 9.76. The van der Waals surface area contributed by atoms with Gasteiger partial charge in [0.05, 0.1) is 0 Å². The molecule has 0 spiro atoms. The van der Waals surface area contributed by atoms with E-state index in [-0.39, 0.29) is 6.42 Å². The van der Waals surface area contributed by atoms with Gasteiger partial charge in [-0.2, -0.15) is 0 Å². The van der Waals surface area contributed by atoms with Gasteiger partial charge < -0.3 is 15.3 Å². The van der Waals surface area contributed by atoms with Crippen molar-refractivity contribution in [1.29, 1.82) is 0 Å². The molecule has 0 radical (unpaired) electrons. The Morgan fingerprint density at radius 2 is 1.21 bits per heavy atom. The van der Waals surface area contributed by atoms with Crippen molar-refractivity contribution in [1.82, 2.24) is 0 Å². The summed E-state index contributed by atoms with van der Waals surface area (Å²) < 4.78 is 0. The van der Waals surface area contributed by atoms with Gasteiger partial charge in [0.1, 0.15) is 0 Å². The van der Waals surface area contributed by atoms with Crippen LogP contribution in [0, 0.1) is 5.41 Å². The molecule has 0 aromatic carbocycles. The molecule has 0 aliphatic carbocycles. The first kappa shape index (κ1) is 13.9. The molecular weight excluding hydrogens is 180 g/mol. The van der Waals surface area contributed by atoms with Gasteiger partial charge >= 0.3 is 0 Å². The number of aliphatic hydroxyl groups is 3. The molecule has 0 saturated heterocycles. The normalized spacial score (nSPS) is 13.3. The molecule has 14 heavy (non-hydrogen) atoms. The van der Waals surface area contributed by atoms with Crippen LogP contribution in [0.5, 0.6) is 0 Å². The number of rotatable bonds is 7. The minimum atomic E-state index is -2.49. The van der Waals surface area contributed by atoms with Crippen molar-refractivity contribution < 1.29 is 15.3 Å². The van der Waals surface area contributed by atoms with Crippen LogP contribution in [-0.4, -0.2) is 21.3 Å². The quantitative estimate of drug-likeness (QED) is 0.556. The number of hydrogen-bond acceptors (Lipinski definition) is 3. The largest absolute Gasteiger partial charge is 0.344 e. The molecule has 0 fully saturated rings. The topological polar surface area (TPSA) is 60.7 Å². The molecule has 0 saturated carbocycles. The number of hydrogen-bond donors (Lipinski definition) is 3. The Bertz CT molecular complexity index is 137. The molecule has 0 aliphatic heterocycles. The zero-order valence-corrected chi connectivity index (χ0v) is 9.58. The highest BCUT2D eigenvalue weighted by Crippen LogP contribution is 2.36. The summed E-state index contributed by atoms with van der Waals surface area (Å²) in [6.45, 7) is 6.49. The second-order valence-electron chi connectivity index (χ2n) is 4.19. The maximum absolute atomic E-state index is 8.74. The maximum atomic E-state index is 8.74. The lowest BCUT2D eigenvalue weighted by Crippen LogP contribution is -2.28. The van der Waals surface area contributed by atoms with Gasteiger partial charge in [0, 0.05) is 6.42 Å². The summed E-state index contributed by atoms with van der Waals surface area (Å²) in [4.78, 5) is 0. The molecule has 3 nitrogen and oxygen atoms in total. The van der Waals surface area contributed by atoms with Crippen molar-refractivity contribution in [3.8, 4) is 0 Å². The van der Waals surface area contributed by atoms with E-state index in [4.69, 9.17) is 15.3 Å². The molecule has 0 aromatic heterocycles. The van der Waals surface area contributed by atoms with Crippen LogP contribution in [0.3, 0.4) is 0 Å². The van der Waals surface area contributed by atoms with E-state index in [1.807, 2.05) is 0 Å². The molecule has 86 valence electrons. The van der Waals surface area contributed by atoms with Crippen LogP contribution in [0.25, 0.3) is 0 Å². The van der Waals surface area contributed by atoms with E-state index in [1.165, 1.54) is 0 Å². The second kappa shape index (κ2) is 5.69. The van der Waals surface area contributed by atoms with Gasteiger partial charge in [0.25, 0.3) is 5.97 Å². The van der Waals surface area contributed by atoms with Crippen LogP contribution in [0.1, 0.15) is 59.3 Å². The van der Waals surface area contributed by atoms with Gasteiger partial charge in [0.15, 0.2) is 0 Å². The third-order valence-electron chi connectivity index (χ3n) is 3.47. The molecule has 0 atom stereocenters. The van der Waals surface area contributed by atoms with Crippen molar-refractivity contribution in [3.63, 3.8) is 0 Å². The highest BCUT2D eigenvalue weighted by Gasteiger charge is 2.25. The highest BCUT2D eigenvalue weighted by molar-refractivity contribution is 4.75. The van der Waals surface area contributed by atoms with Crippen molar-refractivity contribution in [3.05, 3.63) is 0 Å². The van der Waals surface area contributed by atoms with E-state index in [9.17, 15) is 0 Å². The lowest BCUT2D eigenvalue weighted by Gasteiger charge is -2.31. The summed E-state index contributed by atoms with van der Waals surface area (Å²) >= 11 is 0. The second-order valence-corrected chi connectivity index (χ2v) is 4.19. The fourth-order valence-electron chi connectivity index (χ4n) is 1.98. The fraction of sp³-hybridized carbons (Fsp3) is 1.00. The van der Waals surface area contributed by atoms with E-state index >= 15 is 0 Å². The van der Waals surface area contributed by atoms with Gasteiger partial charge in [-0.3, -0.25) is 0 Å². The van der Waals surface area contributed by atoms with Gasteiger partial charge in [-0.15, -0.1) is 0 Å². The zero-order chi connectivity index (χ0) is 11.2. The highest BCUT2D eigenvalue weighted by atomic mass is 16.7. The average molecular weight is 204 g/mol. The SMILES string of the molecule is CCC(CC)(CC)CCCC(O)(O)O. The van der Waals surface area contributed by atoms with Gasteiger partial charge in [0.2, 0.25) is 0 Å². The van der Waals surface area contributed by atoms with Crippen LogP contribution >= 0.6 is 0 Å². The smallest absolute Gasteiger partial charge is 0.275 e. The third-order valence-corrected chi connectivity index (χ3v) is 3.47. The van der Waals surface area contributed by atoms with Crippen molar-refractivity contribution in [2.75, 3.05) is 0 Å². The monoisotopic (exact) mass is 204 g/mol. The molecule has 0 aliphatic rings. The van der Waals surface area contributed by atoms with Crippen molar-refractivity contribution >= 4 is 0 Å². The maximum Gasteiger partial charge on any atom is 0.275 e.